The molecule has 0 aromatic carbocycles. The van der Waals surface area contributed by atoms with Gasteiger partial charge in [0.25, 0.3) is 5.91 Å². The molecule has 0 bridgehead atoms. The number of nitrogens with two attached hydrogens (primary N) is 1. The van der Waals surface area contributed by atoms with E-state index in [2.05, 4.69) is 41.0 Å². The van der Waals surface area contributed by atoms with E-state index in [1.165, 1.54) is 6.20 Å². The second kappa shape index (κ2) is 9.50. The zero-order valence-corrected chi connectivity index (χ0v) is 20.1. The van der Waals surface area contributed by atoms with Crippen molar-refractivity contribution in [1.29, 1.82) is 0 Å². The van der Waals surface area contributed by atoms with Gasteiger partial charge in [-0.2, -0.15) is 0 Å². The lowest BCUT2D eigenvalue weighted by molar-refractivity contribution is 0.0709. The average Bonchev–Trinajstić information content (AvgIpc) is 3.42. The van der Waals surface area contributed by atoms with Crippen LogP contribution in [0.2, 0.25) is 0 Å². The first-order chi connectivity index (χ1) is 15.3. The lowest BCUT2D eigenvalue weighted by atomic mass is 9.94. The van der Waals surface area contributed by atoms with Gasteiger partial charge in [-0.3, -0.25) is 4.79 Å². The van der Waals surface area contributed by atoms with Gasteiger partial charge in [0.15, 0.2) is 5.13 Å². The van der Waals surface area contributed by atoms with Gasteiger partial charge < -0.3 is 20.4 Å². The topological polar surface area (TPSA) is 110 Å². The third-order valence-corrected chi connectivity index (χ3v) is 7.26. The highest BCUT2D eigenvalue weighted by Gasteiger charge is 2.26. The number of anilines is 2. The highest BCUT2D eigenvalue weighted by molar-refractivity contribution is 8.00. The number of amides is 1. The molecule has 3 N–H and O–H groups in total. The predicted octanol–water partition coefficient (Wildman–Crippen LogP) is 4.41. The molecule has 32 heavy (non-hydrogen) atoms. The molecule has 0 aliphatic carbocycles. The van der Waals surface area contributed by atoms with Gasteiger partial charge in [-0.1, -0.05) is 32.1 Å². The van der Waals surface area contributed by atoms with E-state index in [-0.39, 0.29) is 17.4 Å². The Labute approximate surface area is 196 Å². The van der Waals surface area contributed by atoms with Crippen molar-refractivity contribution in [2.75, 3.05) is 24.1 Å². The number of rotatable bonds is 6. The molecule has 1 fully saturated rings. The summed E-state index contributed by atoms with van der Waals surface area (Å²) in [5.74, 6) is 2.22. The van der Waals surface area contributed by atoms with Gasteiger partial charge in [-0.05, 0) is 25.0 Å². The molecular weight excluding hydrogens is 444 g/mol. The second-order valence-corrected chi connectivity index (χ2v) is 11.2. The van der Waals surface area contributed by atoms with Crippen molar-refractivity contribution >= 4 is 39.8 Å². The monoisotopic (exact) mass is 472 g/mol. The molecule has 1 saturated heterocycles. The van der Waals surface area contributed by atoms with Crippen molar-refractivity contribution in [2.45, 2.75) is 55.0 Å². The first-order valence-corrected chi connectivity index (χ1v) is 12.4. The lowest BCUT2D eigenvalue weighted by Crippen LogP contribution is -2.45. The Balaban J connectivity index is 1.30. The summed E-state index contributed by atoms with van der Waals surface area (Å²) in [6, 6.07) is 3.54. The Morgan fingerprint density at radius 3 is 2.84 bits per heavy atom. The highest BCUT2D eigenvalue weighted by atomic mass is 32.2. The molecule has 3 aromatic rings. The van der Waals surface area contributed by atoms with Crippen LogP contribution in [0.1, 0.15) is 55.8 Å². The number of pyridine rings is 1. The Kier molecular flexibility index (Phi) is 6.71. The van der Waals surface area contributed by atoms with Crippen LogP contribution in [-0.4, -0.2) is 44.9 Å². The number of aromatic nitrogens is 3. The fourth-order valence-electron chi connectivity index (χ4n) is 3.40. The third kappa shape index (κ3) is 5.60. The van der Waals surface area contributed by atoms with E-state index < -0.39 is 0 Å². The van der Waals surface area contributed by atoms with Crippen LogP contribution in [0.4, 0.5) is 10.8 Å². The molecule has 0 unspecified atom stereocenters. The van der Waals surface area contributed by atoms with E-state index in [1.807, 2.05) is 17.3 Å². The van der Waals surface area contributed by atoms with Crippen LogP contribution in [0, 0.1) is 0 Å². The normalized spacial score (nSPS) is 16.8. The van der Waals surface area contributed by atoms with Crippen molar-refractivity contribution in [3.63, 3.8) is 0 Å². The summed E-state index contributed by atoms with van der Waals surface area (Å²) in [7, 11) is 0. The molecule has 4 heterocycles. The SMILES string of the molecule is CC(C)(C)c1cnc(CSc2cnc(N[C@@H]3CCCN(C(=O)c4ccc(N)cn4)C3)s2)o1. The largest absolute Gasteiger partial charge is 0.444 e. The second-order valence-electron chi connectivity index (χ2n) is 8.85. The standard InChI is InChI=1S/C22H28N6O2S2/c1-22(2,3)17-10-25-18(30-17)13-31-19-11-26-21(32-19)27-15-5-4-8-28(12-15)20(29)16-7-6-14(23)9-24-16/h6-7,9-11,15H,4-5,8,12-13,23H2,1-3H3,(H,26,27)/t15-/m1/s1. The number of nitrogen functional groups attached to an aromatic ring is 1. The summed E-state index contributed by atoms with van der Waals surface area (Å²) >= 11 is 3.27. The van der Waals surface area contributed by atoms with E-state index in [0.717, 1.165) is 40.4 Å². The maximum Gasteiger partial charge on any atom is 0.272 e. The van der Waals surface area contributed by atoms with Crippen molar-refractivity contribution in [1.82, 2.24) is 19.9 Å². The Hall–Kier alpha value is -2.59. The van der Waals surface area contributed by atoms with Crippen molar-refractivity contribution in [3.05, 3.63) is 48.1 Å². The van der Waals surface area contributed by atoms with E-state index in [4.69, 9.17) is 10.2 Å². The number of thiazole rings is 1. The molecule has 1 aliphatic rings. The maximum atomic E-state index is 12.8. The number of piperidine rings is 1. The summed E-state index contributed by atoms with van der Waals surface area (Å²) in [4.78, 5) is 27.7. The van der Waals surface area contributed by atoms with Gasteiger partial charge in [0.2, 0.25) is 5.89 Å². The van der Waals surface area contributed by atoms with Crippen LogP contribution < -0.4 is 11.1 Å². The van der Waals surface area contributed by atoms with Crippen LogP contribution in [0.15, 0.2) is 39.3 Å². The Morgan fingerprint density at radius 2 is 2.12 bits per heavy atom. The molecule has 0 spiro atoms. The maximum absolute atomic E-state index is 12.8. The fraction of sp³-hybridized carbons (Fsp3) is 0.455. The smallest absolute Gasteiger partial charge is 0.272 e. The number of hydrogen-bond donors (Lipinski definition) is 2. The first kappa shape index (κ1) is 22.6. The summed E-state index contributed by atoms with van der Waals surface area (Å²) in [5, 5.41) is 4.35. The number of nitrogens with one attached hydrogen (secondary N) is 1. The fourth-order valence-corrected chi connectivity index (χ4v) is 5.20. The number of oxazole rings is 1. The molecule has 170 valence electrons. The minimum atomic E-state index is -0.0625. The van der Waals surface area contributed by atoms with E-state index in [0.29, 0.717) is 23.7 Å². The average molecular weight is 473 g/mol. The number of likely N-dealkylation sites (tertiary alicyclic amines) is 1. The number of carbonyl (C=O) groups is 1. The van der Waals surface area contributed by atoms with E-state index in [9.17, 15) is 4.79 Å². The van der Waals surface area contributed by atoms with Gasteiger partial charge in [0, 0.05) is 24.5 Å². The van der Waals surface area contributed by atoms with Crippen LogP contribution in [0.5, 0.6) is 0 Å². The van der Waals surface area contributed by atoms with E-state index in [1.54, 1.807) is 35.2 Å². The van der Waals surface area contributed by atoms with Crippen LogP contribution in [0.3, 0.4) is 0 Å². The van der Waals surface area contributed by atoms with Gasteiger partial charge in [-0.15, -0.1) is 11.8 Å². The molecule has 8 nitrogen and oxygen atoms in total. The number of carbonyl (C=O) groups excluding carboxylic acids is 1. The molecule has 1 aliphatic heterocycles. The summed E-state index contributed by atoms with van der Waals surface area (Å²) in [6.45, 7) is 7.68. The first-order valence-electron chi connectivity index (χ1n) is 10.6. The van der Waals surface area contributed by atoms with Crippen molar-refractivity contribution in [2.24, 2.45) is 0 Å². The van der Waals surface area contributed by atoms with Gasteiger partial charge in [0.05, 0.1) is 34.2 Å². The summed E-state index contributed by atoms with van der Waals surface area (Å²) in [6.07, 6.45) is 7.13. The molecule has 0 saturated carbocycles. The molecule has 3 aromatic heterocycles. The highest BCUT2D eigenvalue weighted by Crippen LogP contribution is 2.32. The minimum Gasteiger partial charge on any atom is -0.444 e. The van der Waals surface area contributed by atoms with Crippen molar-refractivity contribution < 1.29 is 9.21 Å². The van der Waals surface area contributed by atoms with Crippen LogP contribution >= 0.6 is 23.1 Å². The number of thioether (sulfide) groups is 1. The number of hydrogen-bond acceptors (Lipinski definition) is 9. The Bertz CT molecular complexity index is 1060. The van der Waals surface area contributed by atoms with Crippen LogP contribution in [0.25, 0.3) is 0 Å². The van der Waals surface area contributed by atoms with Gasteiger partial charge in [-0.25, -0.2) is 15.0 Å². The number of nitrogens with zero attached hydrogens (tertiary/aromatic N) is 4. The molecule has 10 heteroatoms. The zero-order chi connectivity index (χ0) is 22.7. The summed E-state index contributed by atoms with van der Waals surface area (Å²) < 4.78 is 6.96. The summed E-state index contributed by atoms with van der Waals surface area (Å²) in [5.41, 5.74) is 6.60. The molecule has 1 amide bonds. The lowest BCUT2D eigenvalue weighted by Gasteiger charge is -2.32. The van der Waals surface area contributed by atoms with Crippen molar-refractivity contribution in [3.8, 4) is 0 Å². The zero-order valence-electron chi connectivity index (χ0n) is 18.5. The Morgan fingerprint density at radius 1 is 1.28 bits per heavy atom. The molecule has 0 radical (unpaired) electrons. The van der Waals surface area contributed by atoms with Crippen LogP contribution in [-0.2, 0) is 11.2 Å². The molecule has 1 atom stereocenters. The molecule has 4 rings (SSSR count). The van der Waals surface area contributed by atoms with Gasteiger partial charge in [0.1, 0.15) is 11.5 Å². The van der Waals surface area contributed by atoms with Gasteiger partial charge >= 0.3 is 0 Å². The molecular formula is C22H28N6O2S2. The predicted molar refractivity (Wildman–Crippen MR) is 128 cm³/mol. The third-order valence-electron chi connectivity index (χ3n) is 5.16. The minimum absolute atomic E-state index is 0.0450. The quantitative estimate of drug-likeness (QED) is 0.508. The van der Waals surface area contributed by atoms with E-state index >= 15 is 0 Å².